The lowest BCUT2D eigenvalue weighted by molar-refractivity contribution is -0.134. The van der Waals surface area contributed by atoms with E-state index in [1.807, 2.05) is 5.32 Å². The number of carbonyl (C=O) groups excluding carboxylic acids is 2. The van der Waals surface area contributed by atoms with Crippen molar-refractivity contribution in [2.45, 2.75) is 18.9 Å². The van der Waals surface area contributed by atoms with Gasteiger partial charge in [-0.25, -0.2) is 13.1 Å². The van der Waals surface area contributed by atoms with Crippen molar-refractivity contribution in [3.05, 3.63) is 0 Å². The molecule has 74 valence electrons. The van der Waals surface area contributed by atoms with Crippen LogP contribution in [0.1, 0.15) is 12.8 Å². The Morgan fingerprint density at radius 1 is 1.46 bits per heavy atom. The zero-order valence-electron chi connectivity index (χ0n) is 7.03. The van der Waals surface area contributed by atoms with Gasteiger partial charge in [-0.1, -0.05) is 0 Å². The Kier molecular flexibility index (Phi) is 2.67. The summed E-state index contributed by atoms with van der Waals surface area (Å²) in [4.78, 5) is 21.7. The second kappa shape index (κ2) is 3.43. The maximum Gasteiger partial charge on any atom is 0.244 e. The summed E-state index contributed by atoms with van der Waals surface area (Å²) in [5, 5.41) is 2.05. The third kappa shape index (κ3) is 3.11. The van der Waals surface area contributed by atoms with Gasteiger partial charge in [0.15, 0.2) is 0 Å². The van der Waals surface area contributed by atoms with Gasteiger partial charge in [-0.3, -0.25) is 14.9 Å². The van der Waals surface area contributed by atoms with Crippen molar-refractivity contribution in [3.63, 3.8) is 0 Å². The Bertz CT molecular complexity index is 335. The minimum Gasteiger partial charge on any atom is -0.295 e. The van der Waals surface area contributed by atoms with E-state index in [1.54, 1.807) is 0 Å². The van der Waals surface area contributed by atoms with Crippen LogP contribution in [-0.4, -0.2) is 32.5 Å². The van der Waals surface area contributed by atoms with Gasteiger partial charge < -0.3 is 0 Å². The molecule has 1 heterocycles. The van der Waals surface area contributed by atoms with Gasteiger partial charge in [-0.05, 0) is 6.42 Å². The highest BCUT2D eigenvalue weighted by molar-refractivity contribution is 7.88. The van der Waals surface area contributed by atoms with Crippen LogP contribution in [-0.2, 0) is 19.6 Å². The lowest BCUT2D eigenvalue weighted by Crippen LogP contribution is -2.51. The highest BCUT2D eigenvalue weighted by atomic mass is 32.2. The van der Waals surface area contributed by atoms with Gasteiger partial charge in [-0.15, -0.1) is 0 Å². The third-order valence-corrected chi connectivity index (χ3v) is 2.31. The molecule has 0 aromatic rings. The van der Waals surface area contributed by atoms with Crippen LogP contribution in [0.15, 0.2) is 0 Å². The van der Waals surface area contributed by atoms with E-state index in [-0.39, 0.29) is 18.7 Å². The van der Waals surface area contributed by atoms with Crippen LogP contribution < -0.4 is 10.0 Å². The molecule has 2 amide bonds. The SMILES string of the molecule is CS(=O)(=O)NC1CCC(=O)NC1=O. The Labute approximate surface area is 75.7 Å². The highest BCUT2D eigenvalue weighted by Gasteiger charge is 2.28. The summed E-state index contributed by atoms with van der Waals surface area (Å²) in [5.74, 6) is -0.946. The van der Waals surface area contributed by atoms with Crippen LogP contribution in [0.4, 0.5) is 0 Å². The Morgan fingerprint density at radius 3 is 2.54 bits per heavy atom. The van der Waals surface area contributed by atoms with E-state index in [1.165, 1.54) is 0 Å². The third-order valence-electron chi connectivity index (χ3n) is 1.60. The Morgan fingerprint density at radius 2 is 2.08 bits per heavy atom. The van der Waals surface area contributed by atoms with E-state index in [9.17, 15) is 18.0 Å². The maximum absolute atomic E-state index is 11.0. The van der Waals surface area contributed by atoms with Gasteiger partial charge in [-0.2, -0.15) is 0 Å². The molecule has 0 aromatic heterocycles. The van der Waals surface area contributed by atoms with Crippen LogP contribution in [0.5, 0.6) is 0 Å². The zero-order chi connectivity index (χ0) is 10.1. The van der Waals surface area contributed by atoms with Crippen molar-refractivity contribution in [1.82, 2.24) is 10.0 Å². The molecular weight excluding hydrogens is 196 g/mol. The van der Waals surface area contributed by atoms with E-state index in [0.29, 0.717) is 0 Å². The average molecular weight is 206 g/mol. The number of amides is 2. The molecule has 1 rings (SSSR count). The van der Waals surface area contributed by atoms with Crippen molar-refractivity contribution in [1.29, 1.82) is 0 Å². The summed E-state index contributed by atoms with van der Waals surface area (Å²) in [6, 6.07) is -0.812. The standard InChI is InChI=1S/C6H10N2O4S/c1-13(11,12)8-4-2-3-5(9)7-6(4)10/h4,8H,2-3H2,1H3,(H,7,9,10). The summed E-state index contributed by atoms with van der Waals surface area (Å²) in [5.41, 5.74) is 0. The molecule has 0 saturated carbocycles. The first-order chi connectivity index (χ1) is 5.88. The fourth-order valence-electron chi connectivity index (χ4n) is 1.06. The van der Waals surface area contributed by atoms with Gasteiger partial charge in [0, 0.05) is 6.42 Å². The van der Waals surface area contributed by atoms with Gasteiger partial charge in [0.25, 0.3) is 0 Å². The van der Waals surface area contributed by atoms with E-state index < -0.39 is 22.0 Å². The lowest BCUT2D eigenvalue weighted by atomic mass is 10.1. The number of piperidine rings is 1. The second-order valence-corrected chi connectivity index (χ2v) is 4.67. The molecule has 7 heteroatoms. The van der Waals surface area contributed by atoms with Crippen LogP contribution in [0.3, 0.4) is 0 Å². The normalized spacial score (nSPS) is 24.2. The predicted octanol–water partition coefficient (Wildman–Crippen LogP) is -1.66. The van der Waals surface area contributed by atoms with Crippen molar-refractivity contribution < 1.29 is 18.0 Å². The van der Waals surface area contributed by atoms with Crippen molar-refractivity contribution >= 4 is 21.8 Å². The number of sulfonamides is 1. The Hall–Kier alpha value is -0.950. The number of carbonyl (C=O) groups is 2. The van der Waals surface area contributed by atoms with E-state index in [4.69, 9.17) is 0 Å². The quantitative estimate of drug-likeness (QED) is 0.529. The molecule has 0 aromatic carbocycles. The molecule has 13 heavy (non-hydrogen) atoms. The van der Waals surface area contributed by atoms with Gasteiger partial charge in [0.1, 0.15) is 6.04 Å². The summed E-state index contributed by atoms with van der Waals surface area (Å²) in [7, 11) is -3.40. The van der Waals surface area contributed by atoms with Crippen LogP contribution in [0, 0.1) is 0 Å². The number of hydrogen-bond donors (Lipinski definition) is 2. The zero-order valence-corrected chi connectivity index (χ0v) is 7.85. The molecule has 0 spiro atoms. The summed E-state index contributed by atoms with van der Waals surface area (Å²) in [6.45, 7) is 0. The number of nitrogens with one attached hydrogen (secondary N) is 2. The van der Waals surface area contributed by atoms with E-state index >= 15 is 0 Å². The number of hydrogen-bond acceptors (Lipinski definition) is 4. The van der Waals surface area contributed by atoms with E-state index in [0.717, 1.165) is 6.26 Å². The molecule has 1 saturated heterocycles. The van der Waals surface area contributed by atoms with Crippen molar-refractivity contribution in [2.24, 2.45) is 0 Å². The average Bonchev–Trinajstić information content (AvgIpc) is 1.93. The molecule has 1 unspecified atom stereocenters. The highest BCUT2D eigenvalue weighted by Crippen LogP contribution is 2.04. The fraction of sp³-hybridized carbons (Fsp3) is 0.667. The van der Waals surface area contributed by atoms with Crippen molar-refractivity contribution in [2.75, 3.05) is 6.26 Å². The van der Waals surface area contributed by atoms with Gasteiger partial charge in [0.05, 0.1) is 6.26 Å². The van der Waals surface area contributed by atoms with Crippen molar-refractivity contribution in [3.8, 4) is 0 Å². The van der Waals surface area contributed by atoms with Gasteiger partial charge in [0.2, 0.25) is 21.8 Å². The lowest BCUT2D eigenvalue weighted by Gasteiger charge is -2.20. The van der Waals surface area contributed by atoms with Crippen LogP contribution in [0.25, 0.3) is 0 Å². The first-order valence-corrected chi connectivity index (χ1v) is 5.58. The molecule has 1 aliphatic rings. The minimum atomic E-state index is -3.40. The predicted molar refractivity (Wildman–Crippen MR) is 44.2 cm³/mol. The summed E-state index contributed by atoms with van der Waals surface area (Å²) in [6.07, 6.45) is 1.35. The van der Waals surface area contributed by atoms with Crippen LogP contribution >= 0.6 is 0 Å². The second-order valence-electron chi connectivity index (χ2n) is 2.89. The summed E-state index contributed by atoms with van der Waals surface area (Å²) < 4.78 is 23.6. The monoisotopic (exact) mass is 206 g/mol. The van der Waals surface area contributed by atoms with Gasteiger partial charge >= 0.3 is 0 Å². The molecule has 1 aliphatic heterocycles. The molecule has 2 N–H and O–H groups in total. The minimum absolute atomic E-state index is 0.166. The Balaban J connectivity index is 2.63. The molecule has 6 nitrogen and oxygen atoms in total. The molecule has 1 fully saturated rings. The first kappa shape index (κ1) is 10.1. The topological polar surface area (TPSA) is 92.3 Å². The number of imide groups is 1. The molecule has 1 atom stereocenters. The largest absolute Gasteiger partial charge is 0.295 e. The first-order valence-electron chi connectivity index (χ1n) is 3.69. The maximum atomic E-state index is 11.0. The number of rotatable bonds is 2. The molecule has 0 aliphatic carbocycles. The van der Waals surface area contributed by atoms with Crippen LogP contribution in [0.2, 0.25) is 0 Å². The molecule has 0 radical (unpaired) electrons. The fourth-order valence-corrected chi connectivity index (χ4v) is 1.81. The van der Waals surface area contributed by atoms with E-state index in [2.05, 4.69) is 4.72 Å². The summed E-state index contributed by atoms with van der Waals surface area (Å²) >= 11 is 0. The molecule has 0 bridgehead atoms. The molecular formula is C6H10N2O4S. The smallest absolute Gasteiger partial charge is 0.244 e.